The summed E-state index contributed by atoms with van der Waals surface area (Å²) >= 11 is 0. The van der Waals surface area contributed by atoms with Crippen LogP contribution in [0.3, 0.4) is 0 Å². The van der Waals surface area contributed by atoms with Gasteiger partial charge in [0.25, 0.3) is 0 Å². The molecule has 2 atom stereocenters. The predicted octanol–water partition coefficient (Wildman–Crippen LogP) is -0.444. The Morgan fingerprint density at radius 1 is 1.50 bits per heavy atom. The van der Waals surface area contributed by atoms with Crippen LogP contribution in [0.2, 0.25) is 0 Å². The van der Waals surface area contributed by atoms with E-state index in [4.69, 9.17) is 5.73 Å². The fourth-order valence-corrected chi connectivity index (χ4v) is 1.52. The lowest BCUT2D eigenvalue weighted by Crippen LogP contribution is -2.34. The zero-order valence-electron chi connectivity index (χ0n) is 5.93. The smallest absolute Gasteiger partial charge is 0.0965 e. The van der Waals surface area contributed by atoms with Crippen LogP contribution in [0.25, 0.3) is 0 Å². The fraction of sp³-hybridized carbons (Fsp3) is 0.750. The molecule has 0 aromatic rings. The molecule has 0 bridgehead atoms. The van der Waals surface area contributed by atoms with Crippen LogP contribution in [-0.4, -0.2) is 19.1 Å². The maximum Gasteiger partial charge on any atom is 0.0965 e. The van der Waals surface area contributed by atoms with Crippen molar-refractivity contribution in [2.24, 2.45) is 17.6 Å². The fourth-order valence-electron chi connectivity index (χ4n) is 1.52. The molecule has 0 radical (unpaired) electrons. The summed E-state index contributed by atoms with van der Waals surface area (Å²) in [4.78, 5) is 0. The van der Waals surface area contributed by atoms with E-state index < -0.39 is 0 Å². The summed E-state index contributed by atoms with van der Waals surface area (Å²) in [5, 5.41) is 3.30. The molecule has 0 spiro atoms. The zero-order valence-corrected chi connectivity index (χ0v) is 5.93. The minimum absolute atomic E-state index is 0.287. The molecule has 0 saturated carbocycles. The van der Waals surface area contributed by atoms with Crippen molar-refractivity contribution in [3.8, 4) is 11.8 Å². The lowest BCUT2D eigenvalue weighted by molar-refractivity contribution is 0.435. The van der Waals surface area contributed by atoms with Crippen LogP contribution in [0.1, 0.15) is 6.42 Å². The maximum atomic E-state index is 5.92. The van der Waals surface area contributed by atoms with Gasteiger partial charge in [-0.05, 0) is 25.4 Å². The van der Waals surface area contributed by atoms with E-state index >= 15 is 0 Å². The second-order valence-corrected chi connectivity index (χ2v) is 3.10. The molecule has 10 heavy (non-hydrogen) atoms. The first-order chi connectivity index (χ1) is 4.88. The third-order valence-corrected chi connectivity index (χ3v) is 2.34. The Balaban J connectivity index is 1.84. The van der Waals surface area contributed by atoms with Gasteiger partial charge >= 0.3 is 0 Å². The molecule has 2 heteroatoms. The van der Waals surface area contributed by atoms with Crippen molar-refractivity contribution in [3.05, 3.63) is 0 Å². The van der Waals surface area contributed by atoms with Gasteiger partial charge in [0.2, 0.25) is 0 Å². The van der Waals surface area contributed by atoms with Gasteiger partial charge in [-0.3, -0.25) is 0 Å². The van der Waals surface area contributed by atoms with Crippen molar-refractivity contribution in [3.63, 3.8) is 0 Å². The van der Waals surface area contributed by atoms with Gasteiger partial charge in [-0.25, -0.2) is 0 Å². The molecular weight excluding hydrogens is 124 g/mol. The largest absolute Gasteiger partial charge is 0.326 e. The molecule has 0 aromatic heterocycles. The Morgan fingerprint density at radius 3 is 2.80 bits per heavy atom. The molecule has 1 heterocycles. The Hall–Kier alpha value is -0.520. The van der Waals surface area contributed by atoms with Gasteiger partial charge in [0.05, 0.1) is 5.92 Å². The monoisotopic (exact) mass is 136 g/mol. The molecule has 1 aliphatic heterocycles. The van der Waals surface area contributed by atoms with Crippen LogP contribution < -0.4 is 11.1 Å². The third-order valence-electron chi connectivity index (χ3n) is 2.34. The lowest BCUT2D eigenvalue weighted by atomic mass is 9.94. The number of nitrogens with one attached hydrogen (secondary N) is 1. The zero-order chi connectivity index (χ0) is 6.97. The van der Waals surface area contributed by atoms with Crippen molar-refractivity contribution in [2.45, 2.75) is 12.5 Å². The number of rotatable bonds is 2. The predicted molar refractivity (Wildman–Crippen MR) is 40.2 cm³/mol. The Bertz CT molecular complexity index is 175. The van der Waals surface area contributed by atoms with E-state index in [2.05, 4.69) is 17.2 Å². The highest BCUT2D eigenvalue weighted by Crippen LogP contribution is 2.20. The first kappa shape index (κ1) is 6.21. The SMILES string of the molecule is NC(C1C#C1)C1CCNC1. The van der Waals surface area contributed by atoms with Gasteiger partial charge < -0.3 is 11.1 Å². The number of nitrogens with two attached hydrogens (primary N) is 1. The highest BCUT2D eigenvalue weighted by molar-refractivity contribution is 5.33. The molecule has 2 nitrogen and oxygen atoms in total. The summed E-state index contributed by atoms with van der Waals surface area (Å²) in [5.74, 6) is 7.06. The molecule has 2 aliphatic rings. The van der Waals surface area contributed by atoms with Crippen LogP contribution >= 0.6 is 0 Å². The maximum absolute atomic E-state index is 5.92. The minimum atomic E-state index is 0.287. The van der Waals surface area contributed by atoms with Crippen LogP contribution in [0.4, 0.5) is 0 Å². The van der Waals surface area contributed by atoms with Crippen LogP contribution in [0.15, 0.2) is 0 Å². The molecule has 0 aromatic carbocycles. The summed E-state index contributed by atoms with van der Waals surface area (Å²) in [5.41, 5.74) is 5.92. The Morgan fingerprint density at radius 2 is 2.30 bits per heavy atom. The third kappa shape index (κ3) is 1.03. The van der Waals surface area contributed by atoms with E-state index in [1.807, 2.05) is 0 Å². The average molecular weight is 136 g/mol. The average Bonchev–Trinajstić information content (AvgIpc) is 2.65. The molecular formula is C8H12N2. The number of hydrogen-bond acceptors (Lipinski definition) is 2. The second kappa shape index (κ2) is 2.26. The lowest BCUT2D eigenvalue weighted by Gasteiger charge is -2.15. The van der Waals surface area contributed by atoms with E-state index in [9.17, 15) is 0 Å². The van der Waals surface area contributed by atoms with Crippen molar-refractivity contribution >= 4 is 0 Å². The summed E-state index contributed by atoms with van der Waals surface area (Å²) < 4.78 is 0. The van der Waals surface area contributed by atoms with E-state index in [0.29, 0.717) is 11.8 Å². The van der Waals surface area contributed by atoms with Crippen molar-refractivity contribution in [2.75, 3.05) is 13.1 Å². The molecule has 54 valence electrons. The minimum Gasteiger partial charge on any atom is -0.326 e. The van der Waals surface area contributed by atoms with Crippen LogP contribution in [-0.2, 0) is 0 Å². The molecule has 1 fully saturated rings. The standard InChI is InChI=1S/C8H12N2/c9-8(6-1-2-6)7-3-4-10-5-7/h6-8,10H,3-5,9H2. The van der Waals surface area contributed by atoms with Gasteiger partial charge in [-0.2, -0.15) is 0 Å². The molecule has 2 rings (SSSR count). The van der Waals surface area contributed by atoms with Gasteiger partial charge in [0.15, 0.2) is 0 Å². The molecule has 0 amide bonds. The summed E-state index contributed by atoms with van der Waals surface area (Å²) in [6.07, 6.45) is 1.22. The number of hydrogen-bond donors (Lipinski definition) is 2. The van der Waals surface area contributed by atoms with Crippen LogP contribution in [0, 0.1) is 23.7 Å². The van der Waals surface area contributed by atoms with Crippen molar-refractivity contribution in [1.82, 2.24) is 5.32 Å². The summed E-state index contributed by atoms with van der Waals surface area (Å²) in [6.45, 7) is 2.21. The quantitative estimate of drug-likeness (QED) is 0.505. The first-order valence-electron chi connectivity index (χ1n) is 3.85. The molecule has 1 aliphatic carbocycles. The van der Waals surface area contributed by atoms with E-state index in [1.165, 1.54) is 6.42 Å². The van der Waals surface area contributed by atoms with Gasteiger partial charge in [-0.1, -0.05) is 11.8 Å². The normalized spacial score (nSPS) is 33.1. The van der Waals surface area contributed by atoms with Crippen molar-refractivity contribution < 1.29 is 0 Å². The van der Waals surface area contributed by atoms with Gasteiger partial charge in [0, 0.05) is 6.04 Å². The highest BCUT2D eigenvalue weighted by atomic mass is 14.9. The van der Waals surface area contributed by atoms with E-state index in [1.54, 1.807) is 0 Å². The topological polar surface area (TPSA) is 38.0 Å². The molecule has 3 N–H and O–H groups in total. The summed E-state index contributed by atoms with van der Waals surface area (Å²) in [7, 11) is 0. The molecule has 2 unspecified atom stereocenters. The Labute approximate surface area is 61.2 Å². The summed E-state index contributed by atoms with van der Waals surface area (Å²) in [6, 6.07) is 0.287. The Kier molecular flexibility index (Phi) is 1.40. The van der Waals surface area contributed by atoms with Crippen molar-refractivity contribution in [1.29, 1.82) is 0 Å². The van der Waals surface area contributed by atoms with E-state index in [-0.39, 0.29) is 6.04 Å². The molecule has 1 saturated heterocycles. The van der Waals surface area contributed by atoms with Gasteiger partial charge in [0.1, 0.15) is 0 Å². The first-order valence-corrected chi connectivity index (χ1v) is 3.85. The van der Waals surface area contributed by atoms with Gasteiger partial charge in [-0.15, -0.1) is 0 Å². The highest BCUT2D eigenvalue weighted by Gasteiger charge is 2.29. The van der Waals surface area contributed by atoms with Crippen LogP contribution in [0.5, 0.6) is 0 Å². The van der Waals surface area contributed by atoms with E-state index in [0.717, 1.165) is 13.1 Å². The second-order valence-electron chi connectivity index (χ2n) is 3.10.